The molecule has 148 valence electrons. The van der Waals surface area contributed by atoms with Gasteiger partial charge in [0.2, 0.25) is 10.0 Å². The first-order valence-corrected chi connectivity index (χ1v) is 10.2. The van der Waals surface area contributed by atoms with E-state index in [0.717, 1.165) is 5.56 Å². The van der Waals surface area contributed by atoms with Crippen LogP contribution < -0.4 is 16.2 Å². The van der Waals surface area contributed by atoms with Gasteiger partial charge in [0.15, 0.2) is 0 Å². The third-order valence-electron chi connectivity index (χ3n) is 4.36. The number of aryl methyl sites for hydroxylation is 1. The van der Waals surface area contributed by atoms with Gasteiger partial charge in [-0.05, 0) is 44.0 Å². The molecule has 10 heteroatoms. The molecule has 1 aromatic carbocycles. The molecule has 1 aliphatic rings. The molecule has 9 nitrogen and oxygen atoms in total. The summed E-state index contributed by atoms with van der Waals surface area (Å²) in [7, 11) is -3.73. The number of nitrogens with one attached hydrogen (secondary N) is 3. The predicted molar refractivity (Wildman–Crippen MR) is 101 cm³/mol. The van der Waals surface area contributed by atoms with E-state index in [4.69, 9.17) is 0 Å². The van der Waals surface area contributed by atoms with Gasteiger partial charge >= 0.3 is 6.03 Å². The van der Waals surface area contributed by atoms with E-state index in [2.05, 4.69) is 21.2 Å². The van der Waals surface area contributed by atoms with E-state index < -0.39 is 28.1 Å². The first kappa shape index (κ1) is 19.8. The summed E-state index contributed by atoms with van der Waals surface area (Å²) in [6.45, 7) is 2.19. The Morgan fingerprint density at radius 2 is 1.75 bits per heavy atom. The summed E-state index contributed by atoms with van der Waals surface area (Å²) < 4.78 is 27.0. The summed E-state index contributed by atoms with van der Waals surface area (Å²) in [4.78, 5) is 28.0. The van der Waals surface area contributed by atoms with E-state index in [-0.39, 0.29) is 4.90 Å². The van der Waals surface area contributed by atoms with E-state index in [9.17, 15) is 18.0 Å². The minimum Gasteiger partial charge on any atom is -0.320 e. The largest absolute Gasteiger partial charge is 0.334 e. The van der Waals surface area contributed by atoms with E-state index in [1.807, 2.05) is 6.92 Å². The van der Waals surface area contributed by atoms with Crippen molar-refractivity contribution in [1.82, 2.24) is 25.5 Å². The molecule has 0 radical (unpaired) electrons. The number of amides is 3. The van der Waals surface area contributed by atoms with Crippen molar-refractivity contribution in [3.63, 3.8) is 0 Å². The van der Waals surface area contributed by atoms with E-state index in [1.165, 1.54) is 28.8 Å². The molecule has 1 aliphatic heterocycles. The predicted octanol–water partition coefficient (Wildman–Crippen LogP) is 1.14. The highest BCUT2D eigenvalue weighted by molar-refractivity contribution is 7.89. The van der Waals surface area contributed by atoms with Crippen LogP contribution in [0.15, 0.2) is 53.7 Å². The highest BCUT2D eigenvalue weighted by Gasteiger charge is 2.36. The van der Waals surface area contributed by atoms with Gasteiger partial charge in [0.1, 0.15) is 0 Å². The monoisotopic (exact) mass is 403 g/mol. The summed E-state index contributed by atoms with van der Waals surface area (Å²) >= 11 is 0. The molecule has 0 saturated carbocycles. The lowest BCUT2D eigenvalue weighted by Gasteiger charge is -2.25. The Morgan fingerprint density at radius 3 is 2.43 bits per heavy atom. The molecule has 2 heterocycles. The maximum atomic E-state index is 12.9. The smallest absolute Gasteiger partial charge is 0.320 e. The number of pyridine rings is 1. The summed E-state index contributed by atoms with van der Waals surface area (Å²) in [5.41, 5.74) is 5.79. The van der Waals surface area contributed by atoms with Crippen molar-refractivity contribution < 1.29 is 18.0 Å². The quantitative estimate of drug-likeness (QED) is 0.661. The van der Waals surface area contributed by atoms with Gasteiger partial charge in [0.25, 0.3) is 5.91 Å². The molecule has 1 aromatic heterocycles. The number of carbonyl (C=O) groups excluding carboxylic acids is 2. The van der Waals surface area contributed by atoms with Crippen LogP contribution in [0.4, 0.5) is 4.79 Å². The third-order valence-corrected chi connectivity index (χ3v) is 6.28. The van der Waals surface area contributed by atoms with Crippen molar-refractivity contribution in [1.29, 1.82) is 0 Å². The van der Waals surface area contributed by atoms with Gasteiger partial charge in [-0.1, -0.05) is 17.7 Å². The molecule has 28 heavy (non-hydrogen) atoms. The second-order valence-corrected chi connectivity index (χ2v) is 8.27. The number of nitrogens with zero attached hydrogens (tertiary/aromatic N) is 2. The van der Waals surface area contributed by atoms with E-state index in [1.54, 1.807) is 24.3 Å². The van der Waals surface area contributed by atoms with Crippen molar-refractivity contribution in [2.75, 3.05) is 6.54 Å². The lowest BCUT2D eigenvalue weighted by molar-refractivity contribution is 0.0935. The molecule has 0 spiro atoms. The average molecular weight is 403 g/mol. The van der Waals surface area contributed by atoms with Gasteiger partial charge in [0.05, 0.1) is 11.1 Å². The fourth-order valence-corrected chi connectivity index (χ4v) is 4.51. The Bertz CT molecular complexity index is 948. The summed E-state index contributed by atoms with van der Waals surface area (Å²) in [5.74, 6) is -0.506. The molecule has 3 rings (SSSR count). The fraction of sp³-hybridized carbons (Fsp3) is 0.278. The zero-order valence-corrected chi connectivity index (χ0v) is 16.1. The van der Waals surface area contributed by atoms with Gasteiger partial charge < -0.3 is 5.32 Å². The zero-order valence-electron chi connectivity index (χ0n) is 15.3. The molecule has 3 N–H and O–H groups in total. The van der Waals surface area contributed by atoms with Crippen molar-refractivity contribution in [3.8, 4) is 0 Å². The molecule has 0 aliphatic carbocycles. The number of carbonyl (C=O) groups is 2. The summed E-state index contributed by atoms with van der Waals surface area (Å²) in [5, 5.41) is 2.59. The van der Waals surface area contributed by atoms with Crippen LogP contribution in [0.1, 0.15) is 28.8 Å². The molecule has 0 bridgehead atoms. The van der Waals surface area contributed by atoms with Crippen molar-refractivity contribution in [3.05, 3.63) is 59.9 Å². The molecular weight excluding hydrogens is 382 g/mol. The Kier molecular flexibility index (Phi) is 5.90. The van der Waals surface area contributed by atoms with Gasteiger partial charge in [-0.2, -0.15) is 4.31 Å². The molecule has 1 atom stereocenters. The number of hydrogen-bond donors (Lipinski definition) is 3. The maximum Gasteiger partial charge on any atom is 0.334 e. The fourth-order valence-electron chi connectivity index (χ4n) is 2.89. The Labute approximate surface area is 163 Å². The molecular formula is C18H21N5O4S. The summed E-state index contributed by atoms with van der Waals surface area (Å²) in [6, 6.07) is 8.87. The Morgan fingerprint density at radius 1 is 1.07 bits per heavy atom. The average Bonchev–Trinajstić information content (AvgIpc) is 3.16. The van der Waals surface area contributed by atoms with Crippen LogP contribution >= 0.6 is 0 Å². The lowest BCUT2D eigenvalue weighted by atomic mass is 10.2. The van der Waals surface area contributed by atoms with Gasteiger partial charge in [0, 0.05) is 24.5 Å². The van der Waals surface area contributed by atoms with Crippen LogP contribution in [0.3, 0.4) is 0 Å². The van der Waals surface area contributed by atoms with Crippen LogP contribution in [0.5, 0.6) is 0 Å². The van der Waals surface area contributed by atoms with Crippen LogP contribution in [-0.2, 0) is 10.0 Å². The molecule has 2 aromatic rings. The topological polar surface area (TPSA) is 121 Å². The van der Waals surface area contributed by atoms with Gasteiger partial charge in [-0.15, -0.1) is 0 Å². The van der Waals surface area contributed by atoms with Crippen molar-refractivity contribution >= 4 is 22.0 Å². The number of rotatable bonds is 4. The second kappa shape index (κ2) is 8.36. The number of hydrogen-bond acceptors (Lipinski definition) is 5. The highest BCUT2D eigenvalue weighted by Crippen LogP contribution is 2.24. The third kappa shape index (κ3) is 4.46. The molecule has 0 unspecified atom stereocenters. The number of aromatic nitrogens is 1. The van der Waals surface area contributed by atoms with E-state index >= 15 is 0 Å². The number of urea groups is 1. The second-order valence-electron chi connectivity index (χ2n) is 6.38. The minimum absolute atomic E-state index is 0.179. The van der Waals surface area contributed by atoms with Crippen LogP contribution in [0.25, 0.3) is 0 Å². The Balaban J connectivity index is 1.61. The number of sulfonamides is 1. The van der Waals surface area contributed by atoms with Crippen molar-refractivity contribution in [2.24, 2.45) is 0 Å². The molecule has 1 fully saturated rings. The van der Waals surface area contributed by atoms with Crippen LogP contribution in [-0.4, -0.2) is 42.4 Å². The molecule has 3 amide bonds. The standard InChI is InChI=1S/C18H21N5O4S/c1-13-4-6-15(7-5-13)28(26,27)23-12-2-3-16(23)20-18(25)22-21-17(24)14-8-10-19-11-9-14/h4-11,16H,2-3,12H2,1H3,(H,21,24)(H2,20,22,25)/t16-/m1/s1. The van der Waals surface area contributed by atoms with E-state index in [0.29, 0.717) is 24.9 Å². The zero-order chi connectivity index (χ0) is 20.1. The number of benzene rings is 1. The number of hydrazine groups is 1. The van der Waals surface area contributed by atoms with Gasteiger partial charge in [-0.25, -0.2) is 18.6 Å². The Hall–Kier alpha value is -2.98. The minimum atomic E-state index is -3.73. The lowest BCUT2D eigenvalue weighted by Crippen LogP contribution is -2.54. The first-order valence-electron chi connectivity index (χ1n) is 8.73. The maximum absolute atomic E-state index is 12.9. The normalized spacial score (nSPS) is 17.1. The SMILES string of the molecule is Cc1ccc(S(=O)(=O)N2CCC[C@@H]2NC(=O)NNC(=O)c2ccncc2)cc1. The van der Waals surface area contributed by atoms with Crippen molar-refractivity contribution in [2.45, 2.75) is 30.8 Å². The van der Waals surface area contributed by atoms with Gasteiger partial charge in [-0.3, -0.25) is 15.2 Å². The molecule has 1 saturated heterocycles. The first-order chi connectivity index (χ1) is 13.4. The van der Waals surface area contributed by atoms with Crippen LogP contribution in [0, 0.1) is 6.92 Å². The highest BCUT2D eigenvalue weighted by atomic mass is 32.2. The van der Waals surface area contributed by atoms with Crippen LogP contribution in [0.2, 0.25) is 0 Å². The summed E-state index contributed by atoms with van der Waals surface area (Å²) in [6.07, 6.45) is 3.34.